The maximum absolute atomic E-state index is 14.2. The molecule has 4 rings (SSSR count). The van der Waals surface area contributed by atoms with Crippen LogP contribution in [-0.2, 0) is 6.42 Å². The van der Waals surface area contributed by atoms with Crippen LogP contribution in [0.25, 0.3) is 0 Å². The minimum Gasteiger partial charge on any atom is -0.327 e. The molecule has 0 N–H and O–H groups in total. The second-order valence-electron chi connectivity index (χ2n) is 6.34. The van der Waals surface area contributed by atoms with Crippen molar-refractivity contribution < 1.29 is 9.18 Å². The number of nitrogens with zero attached hydrogens (tertiary/aromatic N) is 1. The molecule has 0 saturated carbocycles. The molecule has 2 nitrogen and oxygen atoms in total. The SMILES string of the molecule is Cc1ccc([C@@H]2c3ccsc3CCN2C(=O)c2ccccc2F)cc1. The summed E-state index contributed by atoms with van der Waals surface area (Å²) in [5.74, 6) is -0.716. The fraction of sp³-hybridized carbons (Fsp3) is 0.190. The summed E-state index contributed by atoms with van der Waals surface area (Å²) in [5.41, 5.74) is 3.54. The molecule has 1 atom stereocenters. The van der Waals surface area contributed by atoms with Gasteiger partial charge in [0.05, 0.1) is 11.6 Å². The molecular formula is C21H18FNOS. The number of fused-ring (bicyclic) bond motifs is 1. The molecule has 4 heteroatoms. The van der Waals surface area contributed by atoms with E-state index in [-0.39, 0.29) is 17.5 Å². The highest BCUT2D eigenvalue weighted by molar-refractivity contribution is 7.10. The summed E-state index contributed by atoms with van der Waals surface area (Å²) in [6, 6.07) is 16.4. The van der Waals surface area contributed by atoms with E-state index in [1.54, 1.807) is 34.4 Å². The third-order valence-electron chi connectivity index (χ3n) is 4.72. The van der Waals surface area contributed by atoms with Crippen LogP contribution in [0.15, 0.2) is 60.0 Å². The molecule has 0 aliphatic carbocycles. The minimum atomic E-state index is -0.466. The molecule has 25 heavy (non-hydrogen) atoms. The van der Waals surface area contributed by atoms with Crippen LogP contribution in [-0.4, -0.2) is 17.4 Å². The number of amides is 1. The average Bonchev–Trinajstić information content (AvgIpc) is 3.10. The first kappa shape index (κ1) is 16.0. The average molecular weight is 351 g/mol. The maximum atomic E-state index is 14.2. The molecule has 1 aromatic heterocycles. The van der Waals surface area contributed by atoms with Crippen molar-refractivity contribution in [2.24, 2.45) is 0 Å². The van der Waals surface area contributed by atoms with Crippen LogP contribution >= 0.6 is 11.3 Å². The van der Waals surface area contributed by atoms with Crippen LogP contribution in [0.3, 0.4) is 0 Å². The molecular weight excluding hydrogens is 333 g/mol. The highest BCUT2D eigenvalue weighted by atomic mass is 32.1. The Hall–Kier alpha value is -2.46. The molecule has 126 valence electrons. The van der Waals surface area contributed by atoms with Crippen LogP contribution in [0.5, 0.6) is 0 Å². The number of carbonyl (C=O) groups excluding carboxylic acids is 1. The van der Waals surface area contributed by atoms with E-state index in [1.807, 2.05) is 6.92 Å². The Morgan fingerprint density at radius 3 is 2.64 bits per heavy atom. The van der Waals surface area contributed by atoms with Crippen molar-refractivity contribution in [3.05, 3.63) is 92.9 Å². The number of carbonyl (C=O) groups is 1. The van der Waals surface area contributed by atoms with Gasteiger partial charge >= 0.3 is 0 Å². The zero-order valence-electron chi connectivity index (χ0n) is 13.9. The van der Waals surface area contributed by atoms with Gasteiger partial charge in [0.25, 0.3) is 5.91 Å². The quantitative estimate of drug-likeness (QED) is 0.637. The molecule has 2 aromatic carbocycles. The van der Waals surface area contributed by atoms with Crippen molar-refractivity contribution in [2.45, 2.75) is 19.4 Å². The number of halogens is 1. The van der Waals surface area contributed by atoms with Gasteiger partial charge in [-0.3, -0.25) is 4.79 Å². The number of hydrogen-bond acceptors (Lipinski definition) is 2. The Bertz CT molecular complexity index is 916. The minimum absolute atomic E-state index is 0.137. The topological polar surface area (TPSA) is 20.3 Å². The standard InChI is InChI=1S/C21H18FNOS/c1-14-6-8-15(9-7-14)20-17-11-13-25-19(17)10-12-23(20)21(24)16-4-2-3-5-18(16)22/h2-9,11,13,20H,10,12H2,1H3/t20-/m1/s1. The van der Waals surface area contributed by atoms with E-state index in [0.29, 0.717) is 6.54 Å². The summed E-state index contributed by atoms with van der Waals surface area (Å²) in [4.78, 5) is 16.2. The summed E-state index contributed by atoms with van der Waals surface area (Å²) in [5, 5.41) is 2.07. The van der Waals surface area contributed by atoms with Gasteiger partial charge in [0, 0.05) is 11.4 Å². The van der Waals surface area contributed by atoms with E-state index in [2.05, 4.69) is 35.7 Å². The zero-order chi connectivity index (χ0) is 17.4. The first-order chi connectivity index (χ1) is 12.1. The molecule has 0 fully saturated rings. The molecule has 0 bridgehead atoms. The van der Waals surface area contributed by atoms with Crippen LogP contribution in [0.2, 0.25) is 0 Å². The van der Waals surface area contributed by atoms with Gasteiger partial charge in [-0.2, -0.15) is 0 Å². The summed E-state index contributed by atoms with van der Waals surface area (Å²) in [6.45, 7) is 2.64. The number of aryl methyl sites for hydroxylation is 1. The lowest BCUT2D eigenvalue weighted by molar-refractivity contribution is 0.0691. The third-order valence-corrected chi connectivity index (χ3v) is 5.72. The fourth-order valence-corrected chi connectivity index (χ4v) is 4.34. The monoisotopic (exact) mass is 351 g/mol. The van der Waals surface area contributed by atoms with Crippen molar-refractivity contribution in [1.29, 1.82) is 0 Å². The van der Waals surface area contributed by atoms with E-state index < -0.39 is 5.82 Å². The highest BCUT2D eigenvalue weighted by Gasteiger charge is 2.34. The predicted molar refractivity (Wildman–Crippen MR) is 98.5 cm³/mol. The zero-order valence-corrected chi connectivity index (χ0v) is 14.7. The molecule has 0 saturated heterocycles. The van der Waals surface area contributed by atoms with Gasteiger partial charge in [0.1, 0.15) is 5.82 Å². The lowest BCUT2D eigenvalue weighted by atomic mass is 9.92. The summed E-state index contributed by atoms with van der Waals surface area (Å²) in [6.07, 6.45) is 0.815. The molecule has 1 amide bonds. The smallest absolute Gasteiger partial charge is 0.257 e. The number of rotatable bonds is 2. The van der Waals surface area contributed by atoms with Crippen molar-refractivity contribution in [2.75, 3.05) is 6.54 Å². The van der Waals surface area contributed by atoms with Crippen LogP contribution in [0.1, 0.15) is 38.0 Å². The van der Waals surface area contributed by atoms with Gasteiger partial charge in [-0.05, 0) is 48.1 Å². The third kappa shape index (κ3) is 2.87. The van der Waals surface area contributed by atoms with Gasteiger partial charge in [-0.25, -0.2) is 4.39 Å². The Balaban J connectivity index is 1.79. The van der Waals surface area contributed by atoms with Crippen molar-refractivity contribution in [1.82, 2.24) is 4.90 Å². The summed E-state index contributed by atoms with van der Waals surface area (Å²) < 4.78 is 14.2. The van der Waals surface area contributed by atoms with E-state index >= 15 is 0 Å². The summed E-state index contributed by atoms with van der Waals surface area (Å²) >= 11 is 1.73. The Labute approximate surface area is 150 Å². The van der Waals surface area contributed by atoms with Crippen molar-refractivity contribution >= 4 is 17.2 Å². The summed E-state index contributed by atoms with van der Waals surface area (Å²) in [7, 11) is 0. The van der Waals surface area contributed by atoms with E-state index in [1.165, 1.54) is 16.5 Å². The largest absolute Gasteiger partial charge is 0.327 e. The van der Waals surface area contributed by atoms with Crippen molar-refractivity contribution in [3.8, 4) is 0 Å². The van der Waals surface area contributed by atoms with E-state index in [0.717, 1.165) is 17.5 Å². The second kappa shape index (κ2) is 6.45. The molecule has 0 radical (unpaired) electrons. The molecule has 1 aliphatic rings. The first-order valence-electron chi connectivity index (χ1n) is 8.33. The van der Waals surface area contributed by atoms with Gasteiger partial charge in [-0.1, -0.05) is 42.0 Å². The fourth-order valence-electron chi connectivity index (χ4n) is 3.43. The second-order valence-corrected chi connectivity index (χ2v) is 7.34. The Kier molecular flexibility index (Phi) is 4.14. The first-order valence-corrected chi connectivity index (χ1v) is 9.21. The number of hydrogen-bond donors (Lipinski definition) is 0. The molecule has 0 unspecified atom stereocenters. The molecule has 1 aliphatic heterocycles. The van der Waals surface area contributed by atoms with Gasteiger partial charge in [0.15, 0.2) is 0 Å². The number of benzene rings is 2. The lowest BCUT2D eigenvalue weighted by Gasteiger charge is -2.36. The molecule has 3 aromatic rings. The normalized spacial score (nSPS) is 16.6. The highest BCUT2D eigenvalue weighted by Crippen LogP contribution is 2.38. The van der Waals surface area contributed by atoms with Crippen LogP contribution in [0, 0.1) is 12.7 Å². The van der Waals surface area contributed by atoms with Crippen LogP contribution in [0.4, 0.5) is 4.39 Å². The Morgan fingerprint density at radius 2 is 1.88 bits per heavy atom. The predicted octanol–water partition coefficient (Wildman–Crippen LogP) is 4.98. The van der Waals surface area contributed by atoms with E-state index in [4.69, 9.17) is 0 Å². The van der Waals surface area contributed by atoms with Gasteiger partial charge < -0.3 is 4.90 Å². The Morgan fingerprint density at radius 1 is 1.12 bits per heavy atom. The molecule has 0 spiro atoms. The van der Waals surface area contributed by atoms with Crippen LogP contribution < -0.4 is 0 Å². The van der Waals surface area contributed by atoms with E-state index in [9.17, 15) is 9.18 Å². The molecule has 2 heterocycles. The van der Waals surface area contributed by atoms with Crippen molar-refractivity contribution in [3.63, 3.8) is 0 Å². The lowest BCUT2D eigenvalue weighted by Crippen LogP contribution is -2.40. The maximum Gasteiger partial charge on any atom is 0.257 e. The number of thiophene rings is 1. The van der Waals surface area contributed by atoms with Gasteiger partial charge in [0.2, 0.25) is 0 Å². The van der Waals surface area contributed by atoms with Gasteiger partial charge in [-0.15, -0.1) is 11.3 Å².